The zero-order chi connectivity index (χ0) is 11.1. The highest BCUT2D eigenvalue weighted by Gasteiger charge is 2.06. The van der Waals surface area contributed by atoms with E-state index in [0.29, 0.717) is 0 Å². The van der Waals surface area contributed by atoms with E-state index in [-0.39, 0.29) is 13.2 Å². The van der Waals surface area contributed by atoms with Crippen LogP contribution in [0.4, 0.5) is 0 Å². The minimum Gasteiger partial charge on any atom is -0.455 e. The number of hydrogen-bond acceptors (Lipinski definition) is 2. The van der Waals surface area contributed by atoms with Gasteiger partial charge >= 0.3 is 12.5 Å². The predicted octanol–water partition coefficient (Wildman–Crippen LogP) is 2.16. The number of nitrogens with zero attached hydrogens (tertiary/aromatic N) is 1. The van der Waals surface area contributed by atoms with Gasteiger partial charge in [0.1, 0.15) is 6.61 Å². The van der Waals surface area contributed by atoms with Crippen molar-refractivity contribution in [3.63, 3.8) is 0 Å². The van der Waals surface area contributed by atoms with E-state index in [1.165, 1.54) is 0 Å². The van der Waals surface area contributed by atoms with Gasteiger partial charge in [0.15, 0.2) is 0 Å². The number of hydrogen-bond donors (Lipinski definition) is 0. The summed E-state index contributed by atoms with van der Waals surface area (Å²) in [5.41, 5.74) is 1.67. The van der Waals surface area contributed by atoms with Crippen LogP contribution in [0.5, 0.6) is 0 Å². The van der Waals surface area contributed by atoms with Crippen molar-refractivity contribution in [2.24, 2.45) is 0 Å². The van der Waals surface area contributed by atoms with Crippen LogP contribution in [-0.2, 0) is 9.53 Å². The van der Waals surface area contributed by atoms with Gasteiger partial charge in [0.25, 0.3) is 0 Å². The molecule has 0 unspecified atom stereocenters. The molecule has 1 aromatic carbocycles. The van der Waals surface area contributed by atoms with E-state index < -0.39 is 5.97 Å². The van der Waals surface area contributed by atoms with Crippen molar-refractivity contribution in [1.29, 1.82) is 0 Å². The third kappa shape index (κ3) is 3.65. The molecule has 0 saturated heterocycles. The smallest absolute Gasteiger partial charge is 0.387 e. The molecule has 15 heavy (non-hydrogen) atoms. The first-order chi connectivity index (χ1) is 7.24. The monoisotopic (exact) mass is 201 g/mol. The van der Waals surface area contributed by atoms with Crippen LogP contribution in [0.25, 0.3) is 10.4 Å². The van der Waals surface area contributed by atoms with Gasteiger partial charge in [-0.25, -0.2) is 11.4 Å². The van der Waals surface area contributed by atoms with E-state index in [4.69, 9.17) is 11.3 Å². The number of benzene rings is 1. The van der Waals surface area contributed by atoms with Gasteiger partial charge in [-0.2, -0.15) is 0 Å². The zero-order valence-corrected chi connectivity index (χ0v) is 8.27. The highest BCUT2D eigenvalue weighted by molar-refractivity contribution is 5.75. The number of carbonyl (C=O) groups excluding carboxylic acids is 1. The third-order valence-corrected chi connectivity index (χ3v) is 1.80. The lowest BCUT2D eigenvalue weighted by Crippen LogP contribution is -2.08. The molecular formula is C12H11NO2. The number of carbonyl (C=O) groups is 1. The molecule has 0 spiro atoms. The Bertz CT molecular complexity index is 390. The van der Waals surface area contributed by atoms with Crippen LogP contribution in [0.1, 0.15) is 5.56 Å². The van der Waals surface area contributed by atoms with E-state index in [9.17, 15) is 4.79 Å². The van der Waals surface area contributed by atoms with Crippen LogP contribution >= 0.6 is 0 Å². The molecule has 3 heteroatoms. The SMILES string of the molecule is [C-]#[N+]CC(=O)OCC(=C)c1ccccc1. The van der Waals surface area contributed by atoms with Crippen LogP contribution in [-0.4, -0.2) is 19.1 Å². The van der Waals surface area contributed by atoms with Crippen molar-refractivity contribution < 1.29 is 9.53 Å². The number of ether oxygens (including phenoxy) is 1. The van der Waals surface area contributed by atoms with Gasteiger partial charge in [-0.3, -0.25) is 0 Å². The van der Waals surface area contributed by atoms with Crippen LogP contribution in [0.2, 0.25) is 0 Å². The summed E-state index contributed by atoms with van der Waals surface area (Å²) >= 11 is 0. The molecule has 0 heterocycles. The lowest BCUT2D eigenvalue weighted by atomic mass is 10.1. The Morgan fingerprint density at radius 1 is 1.40 bits per heavy atom. The zero-order valence-electron chi connectivity index (χ0n) is 8.27. The summed E-state index contributed by atoms with van der Waals surface area (Å²) < 4.78 is 4.85. The lowest BCUT2D eigenvalue weighted by Gasteiger charge is -2.05. The largest absolute Gasteiger partial charge is 0.455 e. The van der Waals surface area contributed by atoms with Crippen LogP contribution in [0, 0.1) is 6.57 Å². The number of rotatable bonds is 4. The van der Waals surface area contributed by atoms with Crippen LogP contribution < -0.4 is 0 Å². The molecule has 76 valence electrons. The molecular weight excluding hydrogens is 190 g/mol. The van der Waals surface area contributed by atoms with Gasteiger partial charge < -0.3 is 9.58 Å². The Balaban J connectivity index is 2.45. The van der Waals surface area contributed by atoms with Gasteiger partial charge in [-0.05, 0) is 11.1 Å². The van der Waals surface area contributed by atoms with E-state index in [1.807, 2.05) is 30.3 Å². The second-order valence-corrected chi connectivity index (χ2v) is 2.95. The topological polar surface area (TPSA) is 30.7 Å². The normalized spacial score (nSPS) is 9.00. The van der Waals surface area contributed by atoms with Gasteiger partial charge in [0.2, 0.25) is 0 Å². The minimum atomic E-state index is -0.512. The third-order valence-electron chi connectivity index (χ3n) is 1.80. The molecule has 0 fully saturated rings. The van der Waals surface area contributed by atoms with Crippen molar-refractivity contribution in [3.05, 3.63) is 53.9 Å². The summed E-state index contributed by atoms with van der Waals surface area (Å²) in [6, 6.07) is 9.47. The molecule has 0 N–H and O–H groups in total. The van der Waals surface area contributed by atoms with Gasteiger partial charge in [0, 0.05) is 0 Å². The Labute approximate surface area is 88.8 Å². The van der Waals surface area contributed by atoms with E-state index in [2.05, 4.69) is 11.4 Å². The molecule has 0 aliphatic heterocycles. The van der Waals surface area contributed by atoms with Gasteiger partial charge in [-0.15, -0.1) is 0 Å². The highest BCUT2D eigenvalue weighted by Crippen LogP contribution is 2.11. The average molecular weight is 201 g/mol. The Morgan fingerprint density at radius 3 is 2.67 bits per heavy atom. The van der Waals surface area contributed by atoms with Crippen molar-refractivity contribution in [1.82, 2.24) is 0 Å². The standard InChI is InChI=1S/C12H11NO2/c1-10(9-15-12(14)8-13-2)11-6-4-3-5-7-11/h3-7H,1,8-9H2. The highest BCUT2D eigenvalue weighted by atomic mass is 16.5. The molecule has 0 amide bonds. The molecule has 1 rings (SSSR count). The maximum absolute atomic E-state index is 10.9. The Kier molecular flexibility index (Phi) is 4.11. The predicted molar refractivity (Wildman–Crippen MR) is 57.9 cm³/mol. The summed E-state index contributed by atoms with van der Waals surface area (Å²) in [7, 11) is 0. The second kappa shape index (κ2) is 5.61. The number of esters is 1. The molecule has 1 aromatic rings. The molecule has 0 aliphatic carbocycles. The molecule has 0 atom stereocenters. The van der Waals surface area contributed by atoms with E-state index in [1.54, 1.807) is 0 Å². The summed E-state index contributed by atoms with van der Waals surface area (Å²) in [6.45, 7) is 10.2. The van der Waals surface area contributed by atoms with E-state index >= 15 is 0 Å². The molecule has 0 bridgehead atoms. The summed E-state index contributed by atoms with van der Waals surface area (Å²) in [6.07, 6.45) is 0. The van der Waals surface area contributed by atoms with Crippen molar-refractivity contribution >= 4 is 11.5 Å². The second-order valence-electron chi connectivity index (χ2n) is 2.95. The maximum Gasteiger partial charge on any atom is 0.387 e. The summed E-state index contributed by atoms with van der Waals surface area (Å²) in [5, 5.41) is 0. The van der Waals surface area contributed by atoms with Crippen LogP contribution in [0.3, 0.4) is 0 Å². The van der Waals surface area contributed by atoms with Crippen molar-refractivity contribution in [2.45, 2.75) is 0 Å². The molecule has 3 nitrogen and oxygen atoms in total. The van der Waals surface area contributed by atoms with E-state index in [0.717, 1.165) is 11.1 Å². The first-order valence-electron chi connectivity index (χ1n) is 4.46. The molecule has 0 radical (unpaired) electrons. The molecule has 0 saturated carbocycles. The molecule has 0 aliphatic rings. The fourth-order valence-corrected chi connectivity index (χ4v) is 1.03. The molecule has 0 aromatic heterocycles. The van der Waals surface area contributed by atoms with Crippen molar-refractivity contribution in [3.8, 4) is 0 Å². The lowest BCUT2D eigenvalue weighted by molar-refractivity contribution is -0.139. The van der Waals surface area contributed by atoms with Crippen molar-refractivity contribution in [2.75, 3.05) is 13.2 Å². The fraction of sp³-hybridized carbons (Fsp3) is 0.167. The minimum absolute atomic E-state index is 0.137. The first kappa shape index (κ1) is 11.0. The Hall–Kier alpha value is -2.08. The fourth-order valence-electron chi connectivity index (χ4n) is 1.03. The average Bonchev–Trinajstić information content (AvgIpc) is 2.27. The summed E-state index contributed by atoms with van der Waals surface area (Å²) in [4.78, 5) is 13.8. The maximum atomic E-state index is 10.9. The first-order valence-corrected chi connectivity index (χ1v) is 4.46. The Morgan fingerprint density at radius 2 is 2.07 bits per heavy atom. The quantitative estimate of drug-likeness (QED) is 0.552. The van der Waals surface area contributed by atoms with Gasteiger partial charge in [0.05, 0.1) is 0 Å². The summed E-state index contributed by atoms with van der Waals surface area (Å²) in [5.74, 6) is -0.512. The van der Waals surface area contributed by atoms with Crippen LogP contribution in [0.15, 0.2) is 36.9 Å². The van der Waals surface area contributed by atoms with Gasteiger partial charge in [-0.1, -0.05) is 36.9 Å².